The first-order valence-corrected chi connectivity index (χ1v) is 8.15. The van der Waals surface area contributed by atoms with Crippen molar-refractivity contribution in [3.05, 3.63) is 35.9 Å². The lowest BCUT2D eigenvalue weighted by molar-refractivity contribution is -0.168. The molecule has 1 fully saturated rings. The molecule has 1 aliphatic rings. The third kappa shape index (κ3) is 4.81. The predicted molar refractivity (Wildman–Crippen MR) is 85.1 cm³/mol. The highest BCUT2D eigenvalue weighted by molar-refractivity contribution is 5.98. The Bertz CT molecular complexity index is 576. The highest BCUT2D eigenvalue weighted by Crippen LogP contribution is 2.33. The molecule has 0 spiro atoms. The fraction of sp³-hybridized carbons (Fsp3) is 0.500. The Kier molecular flexibility index (Phi) is 6.35. The van der Waals surface area contributed by atoms with E-state index in [0.717, 1.165) is 31.2 Å². The summed E-state index contributed by atoms with van der Waals surface area (Å²) in [4.78, 5) is 35.3. The third-order valence-electron chi connectivity index (χ3n) is 4.53. The molecule has 0 radical (unpaired) electrons. The number of hydrogen-bond donors (Lipinski definition) is 2. The molecule has 1 aromatic carbocycles. The summed E-state index contributed by atoms with van der Waals surface area (Å²) in [6, 6.07) is 8.86. The summed E-state index contributed by atoms with van der Waals surface area (Å²) < 4.78 is 5.06. The van der Waals surface area contributed by atoms with E-state index in [0.29, 0.717) is 0 Å². The lowest BCUT2D eigenvalue weighted by atomic mass is 9.83. The lowest BCUT2D eigenvalue weighted by Crippen LogP contribution is -2.38. The predicted octanol–water partition coefficient (Wildman–Crippen LogP) is 2.71. The van der Waals surface area contributed by atoms with Crippen molar-refractivity contribution in [3.63, 3.8) is 0 Å². The average molecular weight is 334 g/mol. The van der Waals surface area contributed by atoms with Crippen LogP contribution in [-0.2, 0) is 25.7 Å². The van der Waals surface area contributed by atoms with E-state index in [-0.39, 0.29) is 18.9 Å². The van der Waals surface area contributed by atoms with Crippen molar-refractivity contribution in [2.45, 2.75) is 38.7 Å². The van der Waals surface area contributed by atoms with E-state index in [1.807, 2.05) is 6.07 Å². The molecule has 24 heavy (non-hydrogen) atoms. The maximum absolute atomic E-state index is 12.2. The quantitative estimate of drug-likeness (QED) is 0.560. The molecule has 2 atom stereocenters. The molecular formula is C18H22O6. The Morgan fingerprint density at radius 2 is 1.67 bits per heavy atom. The average Bonchev–Trinajstić information content (AvgIpc) is 3.06. The van der Waals surface area contributed by atoms with Gasteiger partial charge < -0.3 is 14.9 Å². The number of ether oxygens (including phenoxy) is 1. The Labute approximate surface area is 140 Å². The van der Waals surface area contributed by atoms with Crippen LogP contribution >= 0.6 is 0 Å². The number of carbonyl (C=O) groups excluding carboxylic acids is 1. The summed E-state index contributed by atoms with van der Waals surface area (Å²) in [6.45, 7) is -0.0702. The number of esters is 1. The minimum Gasteiger partial charge on any atom is -0.481 e. The molecule has 0 amide bonds. The van der Waals surface area contributed by atoms with Gasteiger partial charge in [0.05, 0.1) is 5.92 Å². The highest BCUT2D eigenvalue weighted by atomic mass is 16.5. The van der Waals surface area contributed by atoms with E-state index < -0.39 is 29.7 Å². The smallest absolute Gasteiger partial charge is 0.321 e. The Balaban J connectivity index is 2.05. The van der Waals surface area contributed by atoms with Crippen LogP contribution in [0.5, 0.6) is 0 Å². The molecule has 2 rings (SSSR count). The molecular weight excluding hydrogens is 312 g/mol. The second kappa shape index (κ2) is 8.47. The molecule has 0 aliphatic heterocycles. The first kappa shape index (κ1) is 18.0. The standard InChI is InChI=1S/C18H22O6/c19-16(20)14(10-12-6-4-5-7-12)15(17(21)22)18(23)24-11-13-8-2-1-3-9-13/h1-3,8-9,12,14-15H,4-7,10-11H2,(H,19,20)(H,21,22). The van der Waals surface area contributed by atoms with Gasteiger partial charge >= 0.3 is 17.9 Å². The zero-order chi connectivity index (χ0) is 17.5. The van der Waals surface area contributed by atoms with Crippen molar-refractivity contribution < 1.29 is 29.3 Å². The summed E-state index contributed by atoms with van der Waals surface area (Å²) in [5.41, 5.74) is 0.720. The molecule has 0 aromatic heterocycles. The molecule has 2 N–H and O–H groups in total. The van der Waals surface area contributed by atoms with Crippen LogP contribution in [0.2, 0.25) is 0 Å². The van der Waals surface area contributed by atoms with Gasteiger partial charge in [-0.05, 0) is 17.9 Å². The number of hydrogen-bond acceptors (Lipinski definition) is 4. The second-order valence-electron chi connectivity index (χ2n) is 6.24. The number of carbonyl (C=O) groups is 3. The molecule has 0 heterocycles. The van der Waals surface area contributed by atoms with Crippen LogP contribution in [0.4, 0.5) is 0 Å². The van der Waals surface area contributed by atoms with Crippen LogP contribution in [0.3, 0.4) is 0 Å². The summed E-state index contributed by atoms with van der Waals surface area (Å²) >= 11 is 0. The van der Waals surface area contributed by atoms with Gasteiger partial charge in [-0.25, -0.2) is 0 Å². The van der Waals surface area contributed by atoms with Crippen LogP contribution in [0.25, 0.3) is 0 Å². The van der Waals surface area contributed by atoms with Gasteiger partial charge in [0.15, 0.2) is 5.92 Å². The van der Waals surface area contributed by atoms with Crippen LogP contribution in [0.15, 0.2) is 30.3 Å². The third-order valence-corrected chi connectivity index (χ3v) is 4.53. The van der Waals surface area contributed by atoms with Crippen molar-refractivity contribution in [1.82, 2.24) is 0 Å². The molecule has 1 aliphatic carbocycles. The monoisotopic (exact) mass is 334 g/mol. The fourth-order valence-corrected chi connectivity index (χ4v) is 3.24. The van der Waals surface area contributed by atoms with Crippen LogP contribution in [-0.4, -0.2) is 28.1 Å². The fourth-order valence-electron chi connectivity index (χ4n) is 3.24. The Morgan fingerprint density at radius 1 is 1.04 bits per heavy atom. The van der Waals surface area contributed by atoms with Crippen LogP contribution in [0.1, 0.15) is 37.7 Å². The molecule has 6 nitrogen and oxygen atoms in total. The summed E-state index contributed by atoms with van der Waals surface area (Å²) in [5.74, 6) is -6.46. The van der Waals surface area contributed by atoms with Gasteiger partial charge in [-0.1, -0.05) is 56.0 Å². The van der Waals surface area contributed by atoms with Gasteiger partial charge in [0, 0.05) is 0 Å². The van der Waals surface area contributed by atoms with Gasteiger partial charge in [-0.3, -0.25) is 14.4 Å². The van der Waals surface area contributed by atoms with Gasteiger partial charge in [0.1, 0.15) is 6.61 Å². The van der Waals surface area contributed by atoms with Gasteiger partial charge in [-0.2, -0.15) is 0 Å². The van der Waals surface area contributed by atoms with Gasteiger partial charge in [0.2, 0.25) is 0 Å². The van der Waals surface area contributed by atoms with Gasteiger partial charge in [0.25, 0.3) is 0 Å². The number of carboxylic acid groups (broad SMARTS) is 2. The van der Waals surface area contributed by atoms with Crippen molar-refractivity contribution in [1.29, 1.82) is 0 Å². The van der Waals surface area contributed by atoms with E-state index in [9.17, 15) is 24.6 Å². The molecule has 1 aromatic rings. The first-order chi connectivity index (χ1) is 11.5. The molecule has 0 saturated heterocycles. The lowest BCUT2D eigenvalue weighted by Gasteiger charge is -2.22. The topological polar surface area (TPSA) is 101 Å². The zero-order valence-electron chi connectivity index (χ0n) is 13.4. The maximum atomic E-state index is 12.2. The number of benzene rings is 1. The largest absolute Gasteiger partial charge is 0.481 e. The van der Waals surface area contributed by atoms with Crippen LogP contribution in [0, 0.1) is 17.8 Å². The van der Waals surface area contributed by atoms with E-state index >= 15 is 0 Å². The first-order valence-electron chi connectivity index (χ1n) is 8.15. The molecule has 130 valence electrons. The normalized spacial score (nSPS) is 17.2. The minimum atomic E-state index is -1.67. The van der Waals surface area contributed by atoms with Crippen molar-refractivity contribution in [2.75, 3.05) is 0 Å². The van der Waals surface area contributed by atoms with E-state index in [1.165, 1.54) is 0 Å². The second-order valence-corrected chi connectivity index (χ2v) is 6.24. The number of aliphatic carboxylic acids is 2. The molecule has 2 unspecified atom stereocenters. The van der Waals surface area contributed by atoms with Gasteiger partial charge in [-0.15, -0.1) is 0 Å². The minimum absolute atomic E-state index is 0.0702. The van der Waals surface area contributed by atoms with E-state index in [2.05, 4.69) is 0 Å². The Hall–Kier alpha value is -2.37. The number of carboxylic acids is 2. The molecule has 6 heteroatoms. The molecule has 0 bridgehead atoms. The van der Waals surface area contributed by atoms with Crippen LogP contribution < -0.4 is 0 Å². The van der Waals surface area contributed by atoms with E-state index in [1.54, 1.807) is 24.3 Å². The summed E-state index contributed by atoms with van der Waals surface area (Å²) in [7, 11) is 0. The molecule has 1 saturated carbocycles. The highest BCUT2D eigenvalue weighted by Gasteiger charge is 2.42. The van der Waals surface area contributed by atoms with Crippen molar-refractivity contribution in [3.8, 4) is 0 Å². The maximum Gasteiger partial charge on any atom is 0.321 e. The summed E-state index contributed by atoms with van der Waals surface area (Å²) in [6.07, 6.45) is 4.01. The Morgan fingerprint density at radius 3 is 2.21 bits per heavy atom. The van der Waals surface area contributed by atoms with Crippen molar-refractivity contribution >= 4 is 17.9 Å². The summed E-state index contributed by atoms with van der Waals surface area (Å²) in [5, 5.41) is 18.8. The van der Waals surface area contributed by atoms with Crippen molar-refractivity contribution in [2.24, 2.45) is 17.8 Å². The van der Waals surface area contributed by atoms with E-state index in [4.69, 9.17) is 4.74 Å². The zero-order valence-corrected chi connectivity index (χ0v) is 13.4. The SMILES string of the molecule is O=C(O)C(CC1CCCC1)C(C(=O)O)C(=O)OCc1ccccc1. The number of rotatable bonds is 8.